The molecule has 0 N–H and O–H groups in total. The van der Waals surface area contributed by atoms with Crippen molar-refractivity contribution in [2.75, 3.05) is 0 Å². The topological polar surface area (TPSA) is 31.4 Å². The minimum atomic E-state index is -4.76. The molecule has 0 unspecified atom stereocenters. The summed E-state index contributed by atoms with van der Waals surface area (Å²) in [6, 6.07) is 5.51. The van der Waals surface area contributed by atoms with Gasteiger partial charge in [-0.05, 0) is 28.1 Å². The van der Waals surface area contributed by atoms with Crippen LogP contribution in [0, 0.1) is 0 Å². The van der Waals surface area contributed by atoms with Gasteiger partial charge in [-0.25, -0.2) is 4.98 Å². The summed E-state index contributed by atoms with van der Waals surface area (Å²) in [5.74, 6) is -0.451. The van der Waals surface area contributed by atoms with Gasteiger partial charge in [-0.3, -0.25) is 0 Å². The zero-order valence-corrected chi connectivity index (χ0v) is 11.0. The first-order chi connectivity index (χ1) is 8.44. The number of hydrogen-bond acceptors (Lipinski definition) is 4. The number of rotatable bonds is 3. The molecule has 0 saturated carbocycles. The van der Waals surface area contributed by atoms with Gasteiger partial charge in [0.05, 0.1) is 9.98 Å². The number of thiazole rings is 1. The Morgan fingerprint density at radius 2 is 1.83 bits per heavy atom. The summed E-state index contributed by atoms with van der Waals surface area (Å²) in [6.45, 7) is 0. The molecule has 2 aromatic rings. The van der Waals surface area contributed by atoms with Crippen LogP contribution in [0.4, 0.5) is 13.2 Å². The molecule has 2 rings (SSSR count). The van der Waals surface area contributed by atoms with Crippen LogP contribution in [-0.4, -0.2) is 11.3 Å². The number of benzene rings is 1. The zero-order valence-electron chi connectivity index (χ0n) is 8.57. The number of hydrogen-bond donors (Lipinski definition) is 0. The van der Waals surface area contributed by atoms with Gasteiger partial charge in [-0.15, -0.1) is 13.2 Å². The smallest absolute Gasteiger partial charge is 0.427 e. The molecule has 0 spiro atoms. The predicted octanol–water partition coefficient (Wildman–Crippen LogP) is 4.60. The average Bonchev–Trinajstić information content (AvgIpc) is 2.65. The molecule has 0 aliphatic rings. The van der Waals surface area contributed by atoms with Crippen LogP contribution in [0.2, 0.25) is 0 Å². The molecule has 0 aliphatic heterocycles. The SMILES string of the molecule is FC(F)(F)Oc1ccccc1Oc1ncc(Br)s1. The second-order valence-electron chi connectivity index (χ2n) is 3.03. The fraction of sp³-hybridized carbons (Fsp3) is 0.100. The van der Waals surface area contributed by atoms with Gasteiger partial charge >= 0.3 is 6.36 Å². The van der Waals surface area contributed by atoms with E-state index in [4.69, 9.17) is 4.74 Å². The molecule has 96 valence electrons. The standard InChI is InChI=1S/C10H5BrF3NO2S/c11-8-5-15-9(18-8)16-6-3-1-2-4-7(6)17-10(12,13)14/h1-5H. The van der Waals surface area contributed by atoms with Crippen molar-refractivity contribution >= 4 is 27.3 Å². The van der Waals surface area contributed by atoms with Gasteiger partial charge < -0.3 is 9.47 Å². The van der Waals surface area contributed by atoms with Gasteiger partial charge in [0, 0.05) is 0 Å². The van der Waals surface area contributed by atoms with Crippen LogP contribution < -0.4 is 9.47 Å². The lowest BCUT2D eigenvalue weighted by Crippen LogP contribution is -2.17. The maximum Gasteiger partial charge on any atom is 0.573 e. The maximum atomic E-state index is 12.2. The molecule has 0 amide bonds. The molecule has 1 aromatic carbocycles. The first-order valence-corrected chi connectivity index (χ1v) is 6.19. The Balaban J connectivity index is 2.22. The van der Waals surface area contributed by atoms with E-state index in [2.05, 4.69) is 25.7 Å². The summed E-state index contributed by atoms with van der Waals surface area (Å²) in [5.41, 5.74) is 0. The highest BCUT2D eigenvalue weighted by Crippen LogP contribution is 2.36. The molecule has 0 radical (unpaired) electrons. The third kappa shape index (κ3) is 3.61. The van der Waals surface area contributed by atoms with Gasteiger partial charge in [-0.2, -0.15) is 0 Å². The van der Waals surface area contributed by atoms with Crippen LogP contribution in [0.15, 0.2) is 34.2 Å². The highest BCUT2D eigenvalue weighted by molar-refractivity contribution is 9.11. The van der Waals surface area contributed by atoms with Crippen molar-refractivity contribution in [1.82, 2.24) is 4.98 Å². The first-order valence-electron chi connectivity index (χ1n) is 4.58. The van der Waals surface area contributed by atoms with Crippen molar-refractivity contribution in [3.8, 4) is 16.7 Å². The molecule has 1 heterocycles. The Morgan fingerprint density at radius 1 is 1.17 bits per heavy atom. The molecule has 0 aliphatic carbocycles. The van der Waals surface area contributed by atoms with Crippen molar-refractivity contribution in [3.05, 3.63) is 34.2 Å². The maximum absolute atomic E-state index is 12.2. The van der Waals surface area contributed by atoms with E-state index in [0.717, 1.165) is 11.3 Å². The lowest BCUT2D eigenvalue weighted by atomic mass is 10.3. The van der Waals surface area contributed by atoms with Crippen molar-refractivity contribution in [3.63, 3.8) is 0 Å². The third-order valence-corrected chi connectivity index (χ3v) is 3.08. The number of nitrogens with zero attached hydrogens (tertiary/aromatic N) is 1. The molecule has 3 nitrogen and oxygen atoms in total. The average molecular weight is 340 g/mol. The minimum absolute atomic E-state index is 0.0447. The van der Waals surface area contributed by atoms with Gasteiger partial charge in [0.15, 0.2) is 11.5 Å². The van der Waals surface area contributed by atoms with E-state index in [1.54, 1.807) is 6.07 Å². The van der Waals surface area contributed by atoms with Gasteiger partial charge in [0.2, 0.25) is 0 Å². The second kappa shape index (κ2) is 5.15. The highest BCUT2D eigenvalue weighted by Gasteiger charge is 2.32. The highest BCUT2D eigenvalue weighted by atomic mass is 79.9. The molecule has 0 saturated heterocycles. The van der Waals surface area contributed by atoms with Gasteiger partial charge in [0.25, 0.3) is 5.19 Å². The van der Waals surface area contributed by atoms with Crippen LogP contribution in [0.5, 0.6) is 16.7 Å². The van der Waals surface area contributed by atoms with Crippen LogP contribution in [0.25, 0.3) is 0 Å². The Labute approximate surface area is 112 Å². The fourth-order valence-corrected chi connectivity index (χ4v) is 2.15. The van der Waals surface area contributed by atoms with Crippen molar-refractivity contribution in [2.24, 2.45) is 0 Å². The number of halogens is 4. The molecule has 0 bridgehead atoms. The quantitative estimate of drug-likeness (QED) is 0.819. The molecule has 0 atom stereocenters. The zero-order chi connectivity index (χ0) is 13.2. The number of alkyl halides is 3. The van der Waals surface area contributed by atoms with E-state index in [1.165, 1.54) is 24.4 Å². The molecular formula is C10H5BrF3NO2S. The van der Waals surface area contributed by atoms with Crippen LogP contribution >= 0.6 is 27.3 Å². The molecule has 8 heteroatoms. The van der Waals surface area contributed by atoms with Crippen LogP contribution in [-0.2, 0) is 0 Å². The lowest BCUT2D eigenvalue weighted by Gasteiger charge is -2.12. The normalized spacial score (nSPS) is 11.3. The molecule has 1 aromatic heterocycles. The van der Waals surface area contributed by atoms with Crippen molar-refractivity contribution < 1.29 is 22.6 Å². The second-order valence-corrected chi connectivity index (χ2v) is 5.40. The Morgan fingerprint density at radius 3 is 2.39 bits per heavy atom. The largest absolute Gasteiger partial charge is 0.573 e. The molecule has 18 heavy (non-hydrogen) atoms. The van der Waals surface area contributed by atoms with Crippen molar-refractivity contribution in [1.29, 1.82) is 0 Å². The summed E-state index contributed by atoms with van der Waals surface area (Å²) < 4.78 is 46.3. The fourth-order valence-electron chi connectivity index (χ4n) is 1.12. The molecular weight excluding hydrogens is 335 g/mol. The summed E-state index contributed by atoms with van der Waals surface area (Å²) in [7, 11) is 0. The van der Waals surface area contributed by atoms with Crippen molar-refractivity contribution in [2.45, 2.75) is 6.36 Å². The van der Waals surface area contributed by atoms with E-state index >= 15 is 0 Å². The van der Waals surface area contributed by atoms with E-state index in [9.17, 15) is 13.2 Å². The summed E-state index contributed by atoms with van der Waals surface area (Å²) >= 11 is 4.33. The lowest BCUT2D eigenvalue weighted by molar-refractivity contribution is -0.275. The monoisotopic (exact) mass is 339 g/mol. The van der Waals surface area contributed by atoms with E-state index in [1.807, 2.05) is 0 Å². The van der Waals surface area contributed by atoms with Gasteiger partial charge in [0.1, 0.15) is 0 Å². The first kappa shape index (κ1) is 13.2. The minimum Gasteiger partial charge on any atom is -0.427 e. The van der Waals surface area contributed by atoms with E-state index in [0.29, 0.717) is 3.79 Å². The Hall–Kier alpha value is -1.28. The summed E-state index contributed by atoms with van der Waals surface area (Å²) in [4.78, 5) is 3.86. The summed E-state index contributed by atoms with van der Waals surface area (Å²) in [6.07, 6.45) is -3.27. The predicted molar refractivity (Wildman–Crippen MR) is 63.0 cm³/mol. The Kier molecular flexibility index (Phi) is 3.76. The number of aromatic nitrogens is 1. The van der Waals surface area contributed by atoms with Crippen LogP contribution in [0.1, 0.15) is 0 Å². The number of ether oxygens (including phenoxy) is 2. The van der Waals surface area contributed by atoms with Crippen LogP contribution in [0.3, 0.4) is 0 Å². The Bertz CT molecular complexity index is 544. The summed E-state index contributed by atoms with van der Waals surface area (Å²) in [5, 5.41) is 0.222. The van der Waals surface area contributed by atoms with E-state index < -0.39 is 12.1 Å². The van der Waals surface area contributed by atoms with E-state index in [-0.39, 0.29) is 10.9 Å². The third-order valence-electron chi connectivity index (χ3n) is 1.73. The van der Waals surface area contributed by atoms with Gasteiger partial charge in [-0.1, -0.05) is 23.5 Å². The molecule has 0 fully saturated rings. The number of para-hydroxylation sites is 2.